The van der Waals surface area contributed by atoms with Crippen molar-refractivity contribution in [3.63, 3.8) is 0 Å². The lowest BCUT2D eigenvalue weighted by Crippen LogP contribution is -2.31. The molecule has 0 saturated heterocycles. The SMILES string of the molecule is Cc1cccc(CCC(NN)c2c(Cl)cnn2C(C)C)c1. The third kappa shape index (κ3) is 3.84. The summed E-state index contributed by atoms with van der Waals surface area (Å²) in [6.07, 6.45) is 3.50. The van der Waals surface area contributed by atoms with Crippen LogP contribution in [0.25, 0.3) is 0 Å². The number of nitrogens with one attached hydrogen (secondary N) is 1. The van der Waals surface area contributed by atoms with Gasteiger partial charge in [0.25, 0.3) is 0 Å². The first-order valence-corrected chi connectivity index (χ1v) is 7.65. The molecule has 0 amide bonds. The fourth-order valence-electron chi connectivity index (χ4n) is 2.57. The van der Waals surface area contributed by atoms with E-state index in [0.29, 0.717) is 5.02 Å². The van der Waals surface area contributed by atoms with Crippen molar-refractivity contribution in [3.05, 3.63) is 52.3 Å². The molecule has 0 aliphatic rings. The molecular formula is C16H23ClN4. The Morgan fingerprint density at radius 3 is 2.76 bits per heavy atom. The summed E-state index contributed by atoms with van der Waals surface area (Å²) in [7, 11) is 0. The van der Waals surface area contributed by atoms with Crippen LogP contribution in [0, 0.1) is 6.92 Å². The standard InChI is InChI=1S/C16H23ClN4/c1-11(2)21-16(14(17)10-19-21)15(20-18)8-7-13-6-4-5-12(3)9-13/h4-6,9-11,15,20H,7-8,18H2,1-3H3. The van der Waals surface area contributed by atoms with Crippen LogP contribution in [0.15, 0.2) is 30.5 Å². The third-order valence-corrected chi connectivity index (χ3v) is 3.90. The summed E-state index contributed by atoms with van der Waals surface area (Å²) in [5.41, 5.74) is 6.42. The average Bonchev–Trinajstić information content (AvgIpc) is 2.82. The number of nitrogens with zero attached hydrogens (tertiary/aromatic N) is 2. The van der Waals surface area contributed by atoms with Crippen LogP contribution in [0.4, 0.5) is 0 Å². The maximum Gasteiger partial charge on any atom is 0.0834 e. The number of hydrogen-bond donors (Lipinski definition) is 2. The second kappa shape index (κ2) is 7.07. The minimum absolute atomic E-state index is 0.0112. The zero-order valence-corrected chi connectivity index (χ0v) is 13.6. The largest absolute Gasteiger partial charge is 0.271 e. The highest BCUT2D eigenvalue weighted by atomic mass is 35.5. The second-order valence-corrected chi connectivity index (χ2v) is 6.07. The molecule has 0 aliphatic heterocycles. The van der Waals surface area contributed by atoms with Gasteiger partial charge in [0.1, 0.15) is 0 Å². The van der Waals surface area contributed by atoms with Crippen molar-refractivity contribution in [2.24, 2.45) is 5.84 Å². The Hall–Kier alpha value is -1.36. The van der Waals surface area contributed by atoms with E-state index in [1.54, 1.807) is 6.20 Å². The normalized spacial score (nSPS) is 12.9. The third-order valence-electron chi connectivity index (χ3n) is 3.61. The molecule has 0 saturated carbocycles. The van der Waals surface area contributed by atoms with Gasteiger partial charge in [-0.15, -0.1) is 0 Å². The monoisotopic (exact) mass is 306 g/mol. The van der Waals surface area contributed by atoms with Gasteiger partial charge in [-0.05, 0) is 39.2 Å². The highest BCUT2D eigenvalue weighted by Crippen LogP contribution is 2.28. The first kappa shape index (κ1) is 16.0. The molecule has 0 radical (unpaired) electrons. The molecular weight excluding hydrogens is 284 g/mol. The van der Waals surface area contributed by atoms with E-state index in [2.05, 4.69) is 55.6 Å². The minimum Gasteiger partial charge on any atom is -0.271 e. The lowest BCUT2D eigenvalue weighted by Gasteiger charge is -2.20. The summed E-state index contributed by atoms with van der Waals surface area (Å²) in [5, 5.41) is 5.01. The van der Waals surface area contributed by atoms with Gasteiger partial charge in [0, 0.05) is 6.04 Å². The van der Waals surface area contributed by atoms with Gasteiger partial charge in [0.15, 0.2) is 0 Å². The Labute approximate surface area is 131 Å². The number of halogens is 1. The Balaban J connectivity index is 2.15. The van der Waals surface area contributed by atoms with Crippen molar-refractivity contribution in [1.29, 1.82) is 0 Å². The van der Waals surface area contributed by atoms with Crippen LogP contribution in [0.1, 0.15) is 49.2 Å². The molecule has 0 bridgehead atoms. The molecule has 0 aliphatic carbocycles. The van der Waals surface area contributed by atoms with Crippen LogP contribution in [-0.4, -0.2) is 9.78 Å². The minimum atomic E-state index is -0.0112. The zero-order chi connectivity index (χ0) is 15.4. The van der Waals surface area contributed by atoms with E-state index < -0.39 is 0 Å². The molecule has 4 nitrogen and oxygen atoms in total. The summed E-state index contributed by atoms with van der Waals surface area (Å²) in [6.45, 7) is 6.27. The lowest BCUT2D eigenvalue weighted by molar-refractivity contribution is 0.433. The van der Waals surface area contributed by atoms with Crippen molar-refractivity contribution in [1.82, 2.24) is 15.2 Å². The van der Waals surface area contributed by atoms with Gasteiger partial charge in [-0.3, -0.25) is 16.0 Å². The topological polar surface area (TPSA) is 55.9 Å². The van der Waals surface area contributed by atoms with E-state index in [1.807, 2.05) is 4.68 Å². The second-order valence-electron chi connectivity index (χ2n) is 5.66. The molecule has 1 aromatic heterocycles. The molecule has 2 aromatic rings. The number of benzene rings is 1. The van der Waals surface area contributed by atoms with Gasteiger partial charge in [-0.25, -0.2) is 0 Å². The molecule has 1 atom stereocenters. The molecule has 21 heavy (non-hydrogen) atoms. The quantitative estimate of drug-likeness (QED) is 0.634. The molecule has 2 rings (SSSR count). The highest BCUT2D eigenvalue weighted by Gasteiger charge is 2.20. The number of aromatic nitrogens is 2. The van der Waals surface area contributed by atoms with Gasteiger partial charge >= 0.3 is 0 Å². The molecule has 1 heterocycles. The molecule has 3 N–H and O–H groups in total. The first-order chi connectivity index (χ1) is 10.0. The van der Waals surface area contributed by atoms with Gasteiger partial charge in [0.2, 0.25) is 0 Å². The number of rotatable bonds is 6. The van der Waals surface area contributed by atoms with Crippen LogP contribution in [0.3, 0.4) is 0 Å². The maximum atomic E-state index is 6.29. The van der Waals surface area contributed by atoms with Crippen molar-refractivity contribution in [3.8, 4) is 0 Å². The molecule has 114 valence electrons. The van der Waals surface area contributed by atoms with E-state index in [0.717, 1.165) is 18.5 Å². The summed E-state index contributed by atoms with van der Waals surface area (Å²) >= 11 is 6.29. The van der Waals surface area contributed by atoms with E-state index in [4.69, 9.17) is 17.4 Å². The van der Waals surface area contributed by atoms with Crippen molar-refractivity contribution in [2.45, 2.75) is 45.7 Å². The van der Waals surface area contributed by atoms with E-state index in [-0.39, 0.29) is 12.1 Å². The Morgan fingerprint density at radius 2 is 2.14 bits per heavy atom. The lowest BCUT2D eigenvalue weighted by atomic mass is 10.0. The molecule has 0 fully saturated rings. The number of hydrogen-bond acceptors (Lipinski definition) is 3. The van der Waals surface area contributed by atoms with Crippen molar-refractivity contribution in [2.75, 3.05) is 0 Å². The number of nitrogens with two attached hydrogens (primary N) is 1. The summed E-state index contributed by atoms with van der Waals surface area (Å²) in [5.74, 6) is 5.75. The van der Waals surface area contributed by atoms with Gasteiger partial charge < -0.3 is 0 Å². The maximum absolute atomic E-state index is 6.29. The number of aryl methyl sites for hydroxylation is 2. The van der Waals surface area contributed by atoms with Gasteiger partial charge in [-0.2, -0.15) is 5.10 Å². The molecule has 1 unspecified atom stereocenters. The Kier molecular flexibility index (Phi) is 5.39. The average molecular weight is 307 g/mol. The van der Waals surface area contributed by atoms with Gasteiger partial charge in [-0.1, -0.05) is 41.4 Å². The van der Waals surface area contributed by atoms with Crippen LogP contribution >= 0.6 is 11.6 Å². The summed E-state index contributed by atoms with van der Waals surface area (Å²) in [4.78, 5) is 0. The van der Waals surface area contributed by atoms with Crippen LogP contribution in [0.2, 0.25) is 5.02 Å². The fraction of sp³-hybridized carbons (Fsp3) is 0.438. The molecule has 5 heteroatoms. The summed E-state index contributed by atoms with van der Waals surface area (Å²) < 4.78 is 1.93. The molecule has 0 spiro atoms. The van der Waals surface area contributed by atoms with E-state index in [1.165, 1.54) is 11.1 Å². The van der Waals surface area contributed by atoms with Crippen molar-refractivity contribution < 1.29 is 0 Å². The highest BCUT2D eigenvalue weighted by molar-refractivity contribution is 6.31. The smallest absolute Gasteiger partial charge is 0.0834 e. The predicted octanol–water partition coefficient (Wildman–Crippen LogP) is 3.56. The zero-order valence-electron chi connectivity index (χ0n) is 12.8. The van der Waals surface area contributed by atoms with Gasteiger partial charge in [0.05, 0.1) is 23.0 Å². The van der Waals surface area contributed by atoms with Crippen molar-refractivity contribution >= 4 is 11.6 Å². The first-order valence-electron chi connectivity index (χ1n) is 7.27. The fourth-order valence-corrected chi connectivity index (χ4v) is 2.83. The summed E-state index contributed by atoms with van der Waals surface area (Å²) in [6, 6.07) is 8.77. The van der Waals surface area contributed by atoms with E-state index in [9.17, 15) is 0 Å². The van der Waals surface area contributed by atoms with E-state index >= 15 is 0 Å². The van der Waals surface area contributed by atoms with Crippen LogP contribution in [0.5, 0.6) is 0 Å². The number of hydrazine groups is 1. The molecule has 1 aromatic carbocycles. The predicted molar refractivity (Wildman–Crippen MR) is 87.2 cm³/mol. The Morgan fingerprint density at radius 1 is 1.38 bits per heavy atom. The Bertz CT molecular complexity index is 592. The van der Waals surface area contributed by atoms with Crippen LogP contribution < -0.4 is 11.3 Å². The van der Waals surface area contributed by atoms with Crippen LogP contribution in [-0.2, 0) is 6.42 Å².